The molecule has 24 heavy (non-hydrogen) atoms. The lowest BCUT2D eigenvalue weighted by atomic mass is 9.99. The van der Waals surface area contributed by atoms with E-state index in [4.69, 9.17) is 5.73 Å². The summed E-state index contributed by atoms with van der Waals surface area (Å²) in [6.45, 7) is 4.00. The minimum absolute atomic E-state index is 0.0485. The van der Waals surface area contributed by atoms with Gasteiger partial charge in [0.15, 0.2) is 14.9 Å². The van der Waals surface area contributed by atoms with E-state index in [9.17, 15) is 8.42 Å². The van der Waals surface area contributed by atoms with E-state index < -0.39 is 9.84 Å². The van der Waals surface area contributed by atoms with Crippen LogP contribution in [0.25, 0.3) is 16.9 Å². The van der Waals surface area contributed by atoms with Gasteiger partial charge in [0.1, 0.15) is 0 Å². The van der Waals surface area contributed by atoms with Gasteiger partial charge in [0.2, 0.25) is 0 Å². The predicted molar refractivity (Wildman–Crippen MR) is 93.8 cm³/mol. The Labute approximate surface area is 140 Å². The highest BCUT2D eigenvalue weighted by Gasteiger charge is 2.13. The van der Waals surface area contributed by atoms with E-state index >= 15 is 0 Å². The van der Waals surface area contributed by atoms with Crippen molar-refractivity contribution >= 4 is 15.5 Å². The van der Waals surface area contributed by atoms with E-state index in [1.54, 1.807) is 18.6 Å². The maximum absolute atomic E-state index is 11.5. The molecular formula is C17H18N4O2S. The molecule has 0 atom stereocenters. The molecule has 3 aromatic rings. The summed E-state index contributed by atoms with van der Waals surface area (Å²) in [5, 5.41) is 0.0485. The van der Waals surface area contributed by atoms with Crippen LogP contribution in [0.4, 0.5) is 5.69 Å². The van der Waals surface area contributed by atoms with E-state index in [2.05, 4.69) is 9.97 Å². The SMILES string of the molecule is Cc1c(N)ccc(-c2cncn2-c2ccc(S(C)(=O)=O)nc2)c1C. The van der Waals surface area contributed by atoms with Crippen LogP contribution >= 0.6 is 0 Å². The Hall–Kier alpha value is -2.67. The number of nitrogens with zero attached hydrogens (tertiary/aromatic N) is 3. The number of benzene rings is 1. The molecule has 2 aromatic heterocycles. The van der Waals surface area contributed by atoms with Crippen molar-refractivity contribution in [2.45, 2.75) is 18.9 Å². The first-order chi connectivity index (χ1) is 11.3. The van der Waals surface area contributed by atoms with Gasteiger partial charge in [-0.2, -0.15) is 0 Å². The van der Waals surface area contributed by atoms with Crippen molar-refractivity contribution in [3.63, 3.8) is 0 Å². The van der Waals surface area contributed by atoms with Crippen molar-refractivity contribution in [1.29, 1.82) is 0 Å². The third-order valence-corrected chi connectivity index (χ3v) is 5.12. The second-order valence-corrected chi connectivity index (χ2v) is 7.69. The standard InChI is InChI=1S/C17H18N4O2S/c1-11-12(2)15(18)6-5-14(11)16-9-19-10-21(16)13-4-7-17(20-8-13)24(3,22)23/h4-10H,18H2,1-3H3. The molecule has 1 aromatic carbocycles. The minimum Gasteiger partial charge on any atom is -0.399 e. The van der Waals surface area contributed by atoms with Crippen LogP contribution in [-0.2, 0) is 9.84 Å². The van der Waals surface area contributed by atoms with Gasteiger partial charge in [-0.3, -0.25) is 4.57 Å². The Balaban J connectivity index is 2.11. The molecule has 6 nitrogen and oxygen atoms in total. The Morgan fingerprint density at radius 1 is 1.04 bits per heavy atom. The van der Waals surface area contributed by atoms with Gasteiger partial charge in [-0.25, -0.2) is 18.4 Å². The molecule has 0 bridgehead atoms. The van der Waals surface area contributed by atoms with Crippen LogP contribution in [0.1, 0.15) is 11.1 Å². The van der Waals surface area contributed by atoms with E-state index in [0.29, 0.717) is 0 Å². The molecule has 124 valence electrons. The Morgan fingerprint density at radius 3 is 2.42 bits per heavy atom. The van der Waals surface area contributed by atoms with Crippen LogP contribution in [0.3, 0.4) is 0 Å². The summed E-state index contributed by atoms with van der Waals surface area (Å²) in [6, 6.07) is 7.05. The highest BCUT2D eigenvalue weighted by atomic mass is 32.2. The fraction of sp³-hybridized carbons (Fsp3) is 0.176. The fourth-order valence-electron chi connectivity index (χ4n) is 2.55. The fourth-order valence-corrected chi connectivity index (χ4v) is 3.11. The third-order valence-electron chi connectivity index (χ3n) is 4.12. The number of nitrogen functional groups attached to an aromatic ring is 1. The average Bonchev–Trinajstić information content (AvgIpc) is 3.01. The van der Waals surface area contributed by atoms with Gasteiger partial charge in [-0.15, -0.1) is 0 Å². The van der Waals surface area contributed by atoms with Crippen LogP contribution in [0.15, 0.2) is 48.0 Å². The first kappa shape index (κ1) is 16.2. The molecule has 2 N–H and O–H groups in total. The largest absolute Gasteiger partial charge is 0.399 e. The van der Waals surface area contributed by atoms with E-state index in [1.165, 1.54) is 12.3 Å². The monoisotopic (exact) mass is 342 g/mol. The number of anilines is 1. The lowest BCUT2D eigenvalue weighted by molar-refractivity contribution is 0.598. The van der Waals surface area contributed by atoms with Crippen molar-refractivity contribution in [2.24, 2.45) is 0 Å². The van der Waals surface area contributed by atoms with Crippen molar-refractivity contribution < 1.29 is 8.42 Å². The molecule has 0 aliphatic rings. The number of hydrogen-bond donors (Lipinski definition) is 1. The van der Waals surface area contributed by atoms with Crippen LogP contribution in [0.5, 0.6) is 0 Å². The molecule has 0 radical (unpaired) electrons. The number of sulfone groups is 1. The zero-order valence-electron chi connectivity index (χ0n) is 13.7. The molecule has 3 rings (SSSR count). The maximum Gasteiger partial charge on any atom is 0.192 e. The summed E-state index contributed by atoms with van der Waals surface area (Å²) >= 11 is 0. The normalized spacial score (nSPS) is 11.6. The molecule has 0 aliphatic carbocycles. The predicted octanol–water partition coefficient (Wildman–Crippen LogP) is 2.54. The van der Waals surface area contributed by atoms with Crippen molar-refractivity contribution in [2.75, 3.05) is 12.0 Å². The highest BCUT2D eigenvalue weighted by Crippen LogP contribution is 2.30. The first-order valence-electron chi connectivity index (χ1n) is 7.34. The second kappa shape index (κ2) is 5.76. The zero-order chi connectivity index (χ0) is 17.5. The number of hydrogen-bond acceptors (Lipinski definition) is 5. The first-order valence-corrected chi connectivity index (χ1v) is 9.23. The van der Waals surface area contributed by atoms with Gasteiger partial charge < -0.3 is 5.73 Å². The molecule has 0 saturated carbocycles. The Morgan fingerprint density at radius 2 is 1.79 bits per heavy atom. The molecule has 0 spiro atoms. The highest BCUT2D eigenvalue weighted by molar-refractivity contribution is 7.90. The summed E-state index contributed by atoms with van der Waals surface area (Å²) in [6.07, 6.45) is 6.11. The molecule has 0 unspecified atom stereocenters. The number of nitrogens with two attached hydrogens (primary N) is 1. The molecule has 7 heteroatoms. The van der Waals surface area contributed by atoms with Gasteiger partial charge in [0.25, 0.3) is 0 Å². The summed E-state index contributed by atoms with van der Waals surface area (Å²) in [4.78, 5) is 8.26. The molecule has 0 fully saturated rings. The minimum atomic E-state index is -3.32. The average molecular weight is 342 g/mol. The zero-order valence-corrected chi connectivity index (χ0v) is 14.5. The summed E-state index contributed by atoms with van der Waals surface area (Å²) in [5.74, 6) is 0. The lowest BCUT2D eigenvalue weighted by Crippen LogP contribution is -2.03. The number of imidazole rings is 1. The third kappa shape index (κ3) is 2.78. The second-order valence-electron chi connectivity index (χ2n) is 5.73. The van der Waals surface area contributed by atoms with Crippen molar-refractivity contribution in [1.82, 2.24) is 14.5 Å². The molecule has 2 heterocycles. The van der Waals surface area contributed by atoms with Crippen LogP contribution < -0.4 is 5.73 Å². The van der Waals surface area contributed by atoms with Gasteiger partial charge >= 0.3 is 0 Å². The number of pyridine rings is 1. The van der Waals surface area contributed by atoms with E-state index in [-0.39, 0.29) is 5.03 Å². The van der Waals surface area contributed by atoms with E-state index in [0.717, 1.165) is 40.0 Å². The Kier molecular flexibility index (Phi) is 3.88. The van der Waals surface area contributed by atoms with Gasteiger partial charge in [0.05, 0.1) is 30.1 Å². The summed E-state index contributed by atoms with van der Waals surface area (Å²) in [5.41, 5.74) is 11.5. The van der Waals surface area contributed by atoms with Crippen LogP contribution in [-0.4, -0.2) is 29.2 Å². The van der Waals surface area contributed by atoms with Crippen molar-refractivity contribution in [3.05, 3.63) is 54.1 Å². The van der Waals surface area contributed by atoms with Gasteiger partial charge in [-0.05, 0) is 43.2 Å². The molecule has 0 aliphatic heterocycles. The smallest absolute Gasteiger partial charge is 0.192 e. The number of aromatic nitrogens is 3. The molecular weight excluding hydrogens is 324 g/mol. The van der Waals surface area contributed by atoms with Gasteiger partial charge in [0, 0.05) is 17.5 Å². The van der Waals surface area contributed by atoms with Gasteiger partial charge in [-0.1, -0.05) is 6.07 Å². The molecule has 0 saturated heterocycles. The summed E-state index contributed by atoms with van der Waals surface area (Å²) in [7, 11) is -3.32. The van der Waals surface area contributed by atoms with Crippen LogP contribution in [0.2, 0.25) is 0 Å². The van der Waals surface area contributed by atoms with Crippen molar-refractivity contribution in [3.8, 4) is 16.9 Å². The lowest BCUT2D eigenvalue weighted by Gasteiger charge is -2.13. The quantitative estimate of drug-likeness (QED) is 0.739. The Bertz CT molecular complexity index is 1010. The maximum atomic E-state index is 11.5. The molecule has 0 amide bonds. The summed E-state index contributed by atoms with van der Waals surface area (Å²) < 4.78 is 25.0. The van der Waals surface area contributed by atoms with E-state index in [1.807, 2.05) is 30.5 Å². The van der Waals surface area contributed by atoms with Crippen LogP contribution in [0, 0.1) is 13.8 Å². The number of rotatable bonds is 3. The topological polar surface area (TPSA) is 90.9 Å².